The van der Waals surface area contributed by atoms with Crippen molar-refractivity contribution in [2.45, 2.75) is 65.5 Å². The molecular weight excluding hydrogens is 292 g/mol. The largest absolute Gasteiger partial charge is 0.406 e. The zero-order chi connectivity index (χ0) is 17.3. The van der Waals surface area contributed by atoms with Crippen LogP contribution in [-0.4, -0.2) is 30.9 Å². The molecule has 0 fully saturated rings. The molecule has 0 saturated carbocycles. The summed E-state index contributed by atoms with van der Waals surface area (Å²) in [6.45, 7) is 18.2. The lowest BCUT2D eigenvalue weighted by molar-refractivity contribution is -0.125. The first kappa shape index (κ1) is 19.1. The number of hydrogen-bond acceptors (Lipinski definition) is 3. The number of carbonyl (C=O) groups is 1. The molecular formula is C18H30O3Si. The van der Waals surface area contributed by atoms with Crippen LogP contribution in [0.5, 0.6) is 0 Å². The SMILES string of the molecule is C=CC(C)(/C=C/C1=C(C)C(=O)C(O)CC1(C)C)O[Si](C)(C)C. The van der Waals surface area contributed by atoms with Gasteiger partial charge in [0.05, 0.1) is 5.60 Å². The summed E-state index contributed by atoms with van der Waals surface area (Å²) < 4.78 is 6.19. The molecule has 0 aromatic rings. The number of Topliss-reactive ketones (excluding diaryl/α,β-unsaturated/α-hetero) is 1. The van der Waals surface area contributed by atoms with Crippen LogP contribution in [0.3, 0.4) is 0 Å². The number of carbonyl (C=O) groups excluding carboxylic acids is 1. The topological polar surface area (TPSA) is 46.5 Å². The number of hydrogen-bond donors (Lipinski definition) is 1. The van der Waals surface area contributed by atoms with E-state index < -0.39 is 20.0 Å². The maximum Gasteiger partial charge on any atom is 0.187 e. The molecule has 1 rings (SSSR count). The summed E-state index contributed by atoms with van der Waals surface area (Å²) in [5, 5.41) is 9.89. The van der Waals surface area contributed by atoms with Crippen molar-refractivity contribution in [2.24, 2.45) is 5.41 Å². The van der Waals surface area contributed by atoms with Gasteiger partial charge in [0.2, 0.25) is 0 Å². The van der Waals surface area contributed by atoms with E-state index in [0.29, 0.717) is 12.0 Å². The van der Waals surface area contributed by atoms with E-state index in [2.05, 4.69) is 40.1 Å². The molecule has 0 spiro atoms. The molecule has 124 valence electrons. The van der Waals surface area contributed by atoms with Gasteiger partial charge in [-0.25, -0.2) is 0 Å². The number of allylic oxidation sites excluding steroid dienone is 2. The average molecular weight is 323 g/mol. The van der Waals surface area contributed by atoms with Gasteiger partial charge < -0.3 is 9.53 Å². The summed E-state index contributed by atoms with van der Waals surface area (Å²) in [4.78, 5) is 12.1. The molecule has 0 heterocycles. The Morgan fingerprint density at radius 3 is 2.41 bits per heavy atom. The van der Waals surface area contributed by atoms with Crippen LogP contribution in [0, 0.1) is 5.41 Å². The normalized spacial score (nSPS) is 25.5. The van der Waals surface area contributed by atoms with Crippen LogP contribution >= 0.6 is 0 Å². The monoisotopic (exact) mass is 322 g/mol. The molecule has 0 aromatic heterocycles. The van der Waals surface area contributed by atoms with Crippen molar-refractivity contribution in [1.29, 1.82) is 0 Å². The molecule has 1 aliphatic carbocycles. The predicted molar refractivity (Wildman–Crippen MR) is 94.3 cm³/mol. The number of ketones is 1. The first-order chi connectivity index (χ1) is 9.81. The highest BCUT2D eigenvalue weighted by Crippen LogP contribution is 2.40. The third-order valence-corrected chi connectivity index (χ3v) is 5.07. The van der Waals surface area contributed by atoms with E-state index in [-0.39, 0.29) is 11.2 Å². The van der Waals surface area contributed by atoms with Crippen LogP contribution in [-0.2, 0) is 9.22 Å². The molecule has 4 heteroatoms. The second-order valence-corrected chi connectivity index (χ2v) is 12.4. The molecule has 2 unspecified atom stereocenters. The molecule has 0 amide bonds. The van der Waals surface area contributed by atoms with Crippen LogP contribution in [0.2, 0.25) is 19.6 Å². The number of aliphatic hydroxyl groups excluding tert-OH is 1. The first-order valence-electron chi connectivity index (χ1n) is 7.78. The minimum atomic E-state index is -1.72. The zero-order valence-electron chi connectivity index (χ0n) is 15.0. The molecule has 1 N–H and O–H groups in total. The quantitative estimate of drug-likeness (QED) is 0.614. The number of rotatable bonds is 5. The Morgan fingerprint density at radius 2 is 1.95 bits per heavy atom. The Labute approximate surface area is 135 Å². The van der Waals surface area contributed by atoms with Crippen molar-refractivity contribution in [1.82, 2.24) is 0 Å². The molecule has 3 nitrogen and oxygen atoms in total. The lowest BCUT2D eigenvalue weighted by Gasteiger charge is -2.36. The minimum Gasteiger partial charge on any atom is -0.406 e. The van der Waals surface area contributed by atoms with Crippen molar-refractivity contribution in [3.05, 3.63) is 36.0 Å². The van der Waals surface area contributed by atoms with Crippen molar-refractivity contribution in [2.75, 3.05) is 0 Å². The molecule has 0 radical (unpaired) electrons. The van der Waals surface area contributed by atoms with Crippen molar-refractivity contribution >= 4 is 14.1 Å². The second-order valence-electron chi connectivity index (χ2n) is 7.94. The van der Waals surface area contributed by atoms with Gasteiger partial charge >= 0.3 is 0 Å². The molecule has 0 aromatic carbocycles. The van der Waals surface area contributed by atoms with Gasteiger partial charge in [-0.1, -0.05) is 38.7 Å². The Balaban J connectivity index is 3.19. The fourth-order valence-electron chi connectivity index (χ4n) is 2.98. The molecule has 0 saturated heterocycles. The van der Waals surface area contributed by atoms with Crippen LogP contribution in [0.4, 0.5) is 0 Å². The van der Waals surface area contributed by atoms with E-state index in [1.165, 1.54) is 0 Å². The summed E-state index contributed by atoms with van der Waals surface area (Å²) in [5.74, 6) is -0.176. The zero-order valence-corrected chi connectivity index (χ0v) is 16.0. The smallest absolute Gasteiger partial charge is 0.187 e. The van der Waals surface area contributed by atoms with Gasteiger partial charge in [-0.2, -0.15) is 0 Å². The summed E-state index contributed by atoms with van der Waals surface area (Å²) >= 11 is 0. The summed E-state index contributed by atoms with van der Waals surface area (Å²) in [7, 11) is -1.72. The summed E-state index contributed by atoms with van der Waals surface area (Å²) in [6, 6.07) is 0. The third-order valence-electron chi connectivity index (χ3n) is 4.02. The van der Waals surface area contributed by atoms with Crippen LogP contribution in [0.25, 0.3) is 0 Å². The Bertz CT molecular complexity index is 523. The molecule has 0 bridgehead atoms. The highest BCUT2D eigenvalue weighted by Gasteiger charge is 2.37. The van der Waals surface area contributed by atoms with Gasteiger partial charge in [-0.3, -0.25) is 4.79 Å². The van der Waals surface area contributed by atoms with Gasteiger partial charge in [0.1, 0.15) is 6.10 Å². The minimum absolute atomic E-state index is 0.176. The lowest BCUT2D eigenvalue weighted by atomic mass is 9.71. The highest BCUT2D eigenvalue weighted by atomic mass is 28.4. The predicted octanol–water partition coefficient (Wildman–Crippen LogP) is 4.02. The van der Waals surface area contributed by atoms with Crippen LogP contribution in [0.1, 0.15) is 34.1 Å². The van der Waals surface area contributed by atoms with Gasteiger partial charge in [-0.05, 0) is 56.5 Å². The van der Waals surface area contributed by atoms with E-state index in [4.69, 9.17) is 4.43 Å². The first-order valence-corrected chi connectivity index (χ1v) is 11.2. The van der Waals surface area contributed by atoms with Gasteiger partial charge in [0, 0.05) is 0 Å². The Morgan fingerprint density at radius 1 is 1.41 bits per heavy atom. The van der Waals surface area contributed by atoms with Gasteiger partial charge in [-0.15, -0.1) is 0 Å². The van der Waals surface area contributed by atoms with E-state index in [1.807, 2.05) is 19.1 Å². The molecule has 1 aliphatic rings. The standard InChI is InChI=1S/C18H30O3Si/c1-9-18(5,21-22(6,7)8)11-10-14-13(2)16(20)15(19)12-17(14,3)4/h9-11,15,19H,1,12H2,2-8H3/b11-10+. The maximum absolute atomic E-state index is 12.1. The Kier molecular flexibility index (Phi) is 5.43. The average Bonchev–Trinajstić information content (AvgIpc) is 2.33. The second kappa shape index (κ2) is 6.26. The number of aliphatic hydroxyl groups is 1. The molecule has 22 heavy (non-hydrogen) atoms. The van der Waals surface area contributed by atoms with Crippen LogP contribution < -0.4 is 0 Å². The van der Waals surface area contributed by atoms with E-state index >= 15 is 0 Å². The summed E-state index contributed by atoms with van der Waals surface area (Å²) in [6.07, 6.45) is 5.30. The van der Waals surface area contributed by atoms with Crippen molar-refractivity contribution in [3.63, 3.8) is 0 Å². The van der Waals surface area contributed by atoms with E-state index in [1.54, 1.807) is 13.0 Å². The molecule has 2 atom stereocenters. The fourth-order valence-corrected chi connectivity index (χ4v) is 4.45. The lowest BCUT2D eigenvalue weighted by Crippen LogP contribution is -2.38. The summed E-state index contributed by atoms with van der Waals surface area (Å²) in [5.41, 5.74) is 0.816. The fraction of sp³-hybridized carbons (Fsp3) is 0.611. The Hall–Kier alpha value is -0.973. The maximum atomic E-state index is 12.1. The van der Waals surface area contributed by atoms with Gasteiger partial charge in [0.25, 0.3) is 0 Å². The molecule has 0 aliphatic heterocycles. The van der Waals surface area contributed by atoms with Crippen molar-refractivity contribution in [3.8, 4) is 0 Å². The highest BCUT2D eigenvalue weighted by molar-refractivity contribution is 6.69. The van der Waals surface area contributed by atoms with Crippen LogP contribution in [0.15, 0.2) is 36.0 Å². The van der Waals surface area contributed by atoms with Crippen molar-refractivity contribution < 1.29 is 14.3 Å². The van der Waals surface area contributed by atoms with E-state index in [0.717, 1.165) is 5.57 Å². The van der Waals surface area contributed by atoms with E-state index in [9.17, 15) is 9.90 Å². The third kappa shape index (κ3) is 4.51. The van der Waals surface area contributed by atoms with Gasteiger partial charge in [0.15, 0.2) is 14.1 Å².